The summed E-state index contributed by atoms with van der Waals surface area (Å²) < 4.78 is 26.2. The van der Waals surface area contributed by atoms with Gasteiger partial charge in [0.05, 0.1) is 33.6 Å². The molecule has 11 nitrogen and oxygen atoms in total. The molecule has 218 valence electrons. The molecule has 2 aromatic heterocycles. The van der Waals surface area contributed by atoms with Crippen LogP contribution < -0.4 is 15.0 Å². The molecule has 3 heterocycles. The van der Waals surface area contributed by atoms with Crippen LogP contribution in [-0.4, -0.2) is 71.1 Å². The number of benzene rings is 2. The van der Waals surface area contributed by atoms with Gasteiger partial charge in [-0.15, -0.1) is 0 Å². The number of halogens is 2. The van der Waals surface area contributed by atoms with Crippen molar-refractivity contribution in [3.63, 3.8) is 0 Å². The molecular weight excluding hydrogens is 587 g/mol. The number of anilines is 2. The highest BCUT2D eigenvalue weighted by molar-refractivity contribution is 7.22. The van der Waals surface area contributed by atoms with E-state index in [1.54, 1.807) is 26.8 Å². The second-order valence-corrected chi connectivity index (χ2v) is 11.9. The molecule has 2 amide bonds. The lowest BCUT2D eigenvalue weighted by atomic mass is 9.98. The molecule has 0 unspecified atom stereocenters. The van der Waals surface area contributed by atoms with Crippen LogP contribution in [0.5, 0.6) is 5.75 Å². The first kappa shape index (κ1) is 29.1. The van der Waals surface area contributed by atoms with E-state index in [9.17, 15) is 24.3 Å². The topological polar surface area (TPSA) is 141 Å². The van der Waals surface area contributed by atoms with Crippen LogP contribution in [0.25, 0.3) is 32.2 Å². The number of piperazine rings is 1. The van der Waals surface area contributed by atoms with Crippen LogP contribution >= 0.6 is 22.9 Å². The zero-order valence-corrected chi connectivity index (χ0v) is 24.7. The molecule has 2 N–H and O–H groups in total. The summed E-state index contributed by atoms with van der Waals surface area (Å²) in [5, 5.41) is 22.7. The summed E-state index contributed by atoms with van der Waals surface area (Å²) in [5.74, 6) is -0.242. The Bertz CT molecular complexity index is 1780. The van der Waals surface area contributed by atoms with E-state index in [0.29, 0.717) is 46.4 Å². The quantitative estimate of drug-likeness (QED) is 0.270. The van der Waals surface area contributed by atoms with Gasteiger partial charge in [-0.2, -0.15) is 5.26 Å². The predicted molar refractivity (Wildman–Crippen MR) is 158 cm³/mol. The van der Waals surface area contributed by atoms with E-state index < -0.39 is 23.6 Å². The van der Waals surface area contributed by atoms with Gasteiger partial charge in [0, 0.05) is 48.9 Å². The van der Waals surface area contributed by atoms with Gasteiger partial charge in [0.2, 0.25) is 0 Å². The first-order valence-electron chi connectivity index (χ1n) is 12.8. The normalized spacial score (nSPS) is 13.7. The Labute approximate surface area is 249 Å². The molecule has 0 bridgehead atoms. The zero-order chi connectivity index (χ0) is 30.3. The van der Waals surface area contributed by atoms with Crippen LogP contribution in [0.2, 0.25) is 5.02 Å². The first-order valence-corrected chi connectivity index (χ1v) is 14.0. The summed E-state index contributed by atoms with van der Waals surface area (Å²) in [4.78, 5) is 36.0. The van der Waals surface area contributed by atoms with Crippen LogP contribution in [-0.2, 0) is 4.74 Å². The van der Waals surface area contributed by atoms with Crippen LogP contribution in [0.1, 0.15) is 26.3 Å². The van der Waals surface area contributed by atoms with E-state index in [0.717, 1.165) is 11.3 Å². The monoisotopic (exact) mass is 612 g/mol. The number of carbonyl (C=O) groups excluding carboxylic acids is 1. The molecule has 0 atom stereocenters. The van der Waals surface area contributed by atoms with Crippen LogP contribution in [0.3, 0.4) is 0 Å². The Balaban J connectivity index is 1.64. The standard InChI is InChI=1S/C28H26ClFN6O5S/c1-28(2,3)41-26(37)34-25-33-21-15(5-6-18(30)24(21)42-25)19-17(29)11-16-20(23(19)40-4)32-13-14(12-31)22(16)35-7-9-36(10-8-35)27(38)39/h5-6,11,13H,7-10H2,1-4H3,(H,38,39)(H,33,34,37). The molecule has 1 aliphatic heterocycles. The molecule has 1 fully saturated rings. The summed E-state index contributed by atoms with van der Waals surface area (Å²) in [6, 6.07) is 6.65. The van der Waals surface area contributed by atoms with Crippen molar-refractivity contribution >= 4 is 67.1 Å². The van der Waals surface area contributed by atoms with E-state index in [2.05, 4.69) is 21.4 Å². The smallest absolute Gasteiger partial charge is 0.413 e. The fourth-order valence-corrected chi connectivity index (χ4v) is 6.05. The van der Waals surface area contributed by atoms with E-state index >= 15 is 0 Å². The molecule has 4 aromatic rings. The fourth-order valence-electron chi connectivity index (χ4n) is 4.88. The lowest BCUT2D eigenvalue weighted by Gasteiger charge is -2.35. The van der Waals surface area contributed by atoms with Crippen LogP contribution in [0.15, 0.2) is 24.4 Å². The van der Waals surface area contributed by atoms with Gasteiger partial charge in [-0.05, 0) is 39.0 Å². The third-order valence-electron chi connectivity index (χ3n) is 6.60. The zero-order valence-electron chi connectivity index (χ0n) is 23.1. The summed E-state index contributed by atoms with van der Waals surface area (Å²) in [6.07, 6.45) is -0.284. The van der Waals surface area contributed by atoms with Crippen LogP contribution in [0.4, 0.5) is 24.8 Å². The minimum atomic E-state index is -0.999. The number of ether oxygens (including phenoxy) is 2. The summed E-state index contributed by atoms with van der Waals surface area (Å²) in [7, 11) is 1.46. The van der Waals surface area contributed by atoms with Crippen molar-refractivity contribution < 1.29 is 28.6 Å². The van der Waals surface area contributed by atoms with E-state index in [4.69, 9.17) is 21.1 Å². The molecular formula is C28H26ClFN6O5S. The number of carboxylic acid groups (broad SMARTS) is 1. The van der Waals surface area contributed by atoms with Crippen molar-refractivity contribution in [2.24, 2.45) is 0 Å². The minimum Gasteiger partial charge on any atom is -0.494 e. The van der Waals surface area contributed by atoms with E-state index in [-0.39, 0.29) is 39.2 Å². The molecule has 14 heteroatoms. The van der Waals surface area contributed by atoms with Gasteiger partial charge >= 0.3 is 12.2 Å². The molecule has 2 aromatic carbocycles. The average Bonchev–Trinajstić information content (AvgIpc) is 3.35. The number of aromatic nitrogens is 2. The maximum atomic E-state index is 14.9. The fraction of sp³-hybridized carbons (Fsp3) is 0.321. The van der Waals surface area contributed by atoms with Gasteiger partial charge in [0.25, 0.3) is 0 Å². The number of carbonyl (C=O) groups is 2. The molecule has 0 radical (unpaired) electrons. The highest BCUT2D eigenvalue weighted by Gasteiger charge is 2.28. The first-order chi connectivity index (χ1) is 19.9. The summed E-state index contributed by atoms with van der Waals surface area (Å²) >= 11 is 7.85. The molecule has 1 saturated heterocycles. The van der Waals surface area contributed by atoms with E-state index in [1.807, 2.05) is 4.90 Å². The predicted octanol–water partition coefficient (Wildman–Crippen LogP) is 6.33. The number of rotatable bonds is 4. The molecule has 0 spiro atoms. The number of hydrogen-bond donors (Lipinski definition) is 2. The Morgan fingerprint density at radius 2 is 1.93 bits per heavy atom. The number of methoxy groups -OCH3 is 1. The van der Waals surface area contributed by atoms with Crippen LogP contribution in [0, 0.1) is 17.1 Å². The number of fused-ring (bicyclic) bond motifs is 2. The number of pyridine rings is 1. The molecule has 5 rings (SSSR count). The highest BCUT2D eigenvalue weighted by Crippen LogP contribution is 2.47. The largest absolute Gasteiger partial charge is 0.494 e. The number of nitrogens with zero attached hydrogens (tertiary/aromatic N) is 5. The van der Waals surface area contributed by atoms with Crippen molar-refractivity contribution in [2.45, 2.75) is 26.4 Å². The lowest BCUT2D eigenvalue weighted by Crippen LogP contribution is -2.48. The molecule has 0 aliphatic carbocycles. The van der Waals surface area contributed by atoms with E-state index in [1.165, 1.54) is 30.3 Å². The minimum absolute atomic E-state index is 0.140. The summed E-state index contributed by atoms with van der Waals surface area (Å²) in [6.45, 7) is 6.45. The van der Waals surface area contributed by atoms with Crippen molar-refractivity contribution in [1.82, 2.24) is 14.9 Å². The van der Waals surface area contributed by atoms with Gasteiger partial charge in [-0.1, -0.05) is 22.9 Å². The number of nitriles is 1. The second kappa shape index (κ2) is 11.1. The second-order valence-electron chi connectivity index (χ2n) is 10.5. The van der Waals surface area contributed by atoms with Gasteiger partial charge in [0.15, 0.2) is 10.9 Å². The Morgan fingerprint density at radius 1 is 1.21 bits per heavy atom. The molecule has 42 heavy (non-hydrogen) atoms. The van der Waals surface area contributed by atoms with Crippen molar-refractivity contribution in [3.8, 4) is 22.9 Å². The lowest BCUT2D eigenvalue weighted by molar-refractivity contribution is 0.0636. The third-order valence-corrected chi connectivity index (χ3v) is 7.88. The highest BCUT2D eigenvalue weighted by atomic mass is 35.5. The van der Waals surface area contributed by atoms with Gasteiger partial charge < -0.3 is 24.4 Å². The number of nitrogens with one attached hydrogen (secondary N) is 1. The summed E-state index contributed by atoms with van der Waals surface area (Å²) in [5.41, 5.74) is 1.66. The Morgan fingerprint density at radius 3 is 2.55 bits per heavy atom. The maximum absolute atomic E-state index is 14.9. The van der Waals surface area contributed by atoms with Gasteiger partial charge in [-0.3, -0.25) is 10.3 Å². The number of hydrogen-bond acceptors (Lipinski definition) is 9. The Hall–Kier alpha value is -4.41. The Kier molecular flexibility index (Phi) is 7.70. The average molecular weight is 613 g/mol. The number of thiazole rings is 1. The van der Waals surface area contributed by atoms with Crippen molar-refractivity contribution in [1.29, 1.82) is 5.26 Å². The molecule has 1 aliphatic rings. The number of amides is 2. The third kappa shape index (κ3) is 5.43. The van der Waals surface area contributed by atoms with Crippen molar-refractivity contribution in [2.75, 3.05) is 43.5 Å². The van der Waals surface area contributed by atoms with Gasteiger partial charge in [0.1, 0.15) is 23.0 Å². The van der Waals surface area contributed by atoms with Gasteiger partial charge in [-0.25, -0.2) is 19.0 Å². The SMILES string of the molecule is COc1c(-c2ccc(F)c3sc(NC(=O)OC(C)(C)C)nc23)c(Cl)cc2c(N3CCN(C(=O)O)CC3)c(C#N)cnc12. The maximum Gasteiger partial charge on any atom is 0.413 e. The molecule has 0 saturated carbocycles. The van der Waals surface area contributed by atoms with Crippen molar-refractivity contribution in [3.05, 3.63) is 40.8 Å².